The van der Waals surface area contributed by atoms with E-state index in [1.807, 2.05) is 36.4 Å². The molecule has 0 spiro atoms. The van der Waals surface area contributed by atoms with Gasteiger partial charge >= 0.3 is 0 Å². The van der Waals surface area contributed by atoms with Crippen molar-refractivity contribution in [2.75, 3.05) is 13.7 Å². The largest absolute Gasteiger partial charge is 0.497 e. The zero-order valence-electron chi connectivity index (χ0n) is 12.8. The minimum atomic E-state index is 0.618. The third-order valence-corrected chi connectivity index (χ3v) is 2.99. The summed E-state index contributed by atoms with van der Waals surface area (Å²) in [6.07, 6.45) is 1.74. The molecular formula is C17H22N2O2. The summed E-state index contributed by atoms with van der Waals surface area (Å²) in [7, 11) is 1.65. The predicted molar refractivity (Wildman–Crippen MR) is 83.8 cm³/mol. The Morgan fingerprint density at radius 3 is 2.48 bits per heavy atom. The fourth-order valence-corrected chi connectivity index (χ4v) is 1.90. The molecule has 0 aliphatic carbocycles. The first kappa shape index (κ1) is 15.3. The molecule has 1 aromatic carbocycles. The number of nitrogens with one attached hydrogen (secondary N) is 1. The van der Waals surface area contributed by atoms with Gasteiger partial charge in [-0.2, -0.15) is 0 Å². The highest BCUT2D eigenvalue weighted by Gasteiger charge is 2.06. The van der Waals surface area contributed by atoms with E-state index in [-0.39, 0.29) is 0 Å². The summed E-state index contributed by atoms with van der Waals surface area (Å²) in [5.74, 6) is 2.81. The maximum absolute atomic E-state index is 5.86. The quantitative estimate of drug-likeness (QED) is 0.844. The van der Waals surface area contributed by atoms with Crippen LogP contribution in [0.4, 0.5) is 0 Å². The van der Waals surface area contributed by atoms with Crippen LogP contribution in [0, 0.1) is 5.92 Å². The zero-order chi connectivity index (χ0) is 15.1. The standard InChI is InChI=1S/C17H22N2O2/c1-13(2)11-18-12-14-5-4-10-19-17(14)21-16-8-6-15(20-3)7-9-16/h4-10,13,18H,11-12H2,1-3H3. The Morgan fingerprint density at radius 2 is 1.81 bits per heavy atom. The molecule has 2 rings (SSSR count). The molecule has 0 aliphatic rings. The lowest BCUT2D eigenvalue weighted by atomic mass is 10.2. The Balaban J connectivity index is 2.04. The summed E-state index contributed by atoms with van der Waals surface area (Å²) in [6.45, 7) is 6.09. The van der Waals surface area contributed by atoms with Gasteiger partial charge in [0, 0.05) is 18.3 Å². The second-order valence-corrected chi connectivity index (χ2v) is 5.27. The number of ether oxygens (including phenoxy) is 2. The van der Waals surface area contributed by atoms with E-state index in [0.29, 0.717) is 11.8 Å². The van der Waals surface area contributed by atoms with E-state index in [1.165, 1.54) is 0 Å². The molecule has 0 bridgehead atoms. The molecule has 0 saturated carbocycles. The average Bonchev–Trinajstić information content (AvgIpc) is 2.49. The van der Waals surface area contributed by atoms with Gasteiger partial charge in [-0.15, -0.1) is 0 Å². The van der Waals surface area contributed by atoms with E-state index in [0.717, 1.165) is 30.2 Å². The van der Waals surface area contributed by atoms with E-state index in [4.69, 9.17) is 9.47 Å². The molecule has 0 amide bonds. The van der Waals surface area contributed by atoms with Gasteiger partial charge in [0.1, 0.15) is 11.5 Å². The third-order valence-electron chi connectivity index (χ3n) is 2.99. The fraction of sp³-hybridized carbons (Fsp3) is 0.353. The molecule has 1 aromatic heterocycles. The number of rotatable bonds is 7. The summed E-state index contributed by atoms with van der Waals surface area (Å²) in [5, 5.41) is 3.41. The van der Waals surface area contributed by atoms with Gasteiger partial charge < -0.3 is 14.8 Å². The maximum atomic E-state index is 5.86. The summed E-state index contributed by atoms with van der Waals surface area (Å²) in [6, 6.07) is 11.4. The molecule has 21 heavy (non-hydrogen) atoms. The number of nitrogens with zero attached hydrogens (tertiary/aromatic N) is 1. The molecule has 112 valence electrons. The molecule has 0 radical (unpaired) electrons. The van der Waals surface area contributed by atoms with Crippen molar-refractivity contribution in [2.24, 2.45) is 5.92 Å². The molecule has 0 atom stereocenters. The van der Waals surface area contributed by atoms with Crippen LogP contribution in [0.1, 0.15) is 19.4 Å². The first-order valence-corrected chi connectivity index (χ1v) is 7.15. The van der Waals surface area contributed by atoms with Gasteiger partial charge in [-0.05, 0) is 42.8 Å². The summed E-state index contributed by atoms with van der Waals surface area (Å²) >= 11 is 0. The van der Waals surface area contributed by atoms with Crippen LogP contribution >= 0.6 is 0 Å². The molecule has 4 heteroatoms. The van der Waals surface area contributed by atoms with Crippen molar-refractivity contribution >= 4 is 0 Å². The van der Waals surface area contributed by atoms with Crippen LogP contribution in [-0.4, -0.2) is 18.6 Å². The molecule has 2 aromatic rings. The van der Waals surface area contributed by atoms with Gasteiger partial charge in [0.25, 0.3) is 0 Å². The summed E-state index contributed by atoms with van der Waals surface area (Å²) in [4.78, 5) is 4.32. The van der Waals surface area contributed by atoms with E-state index in [9.17, 15) is 0 Å². The molecule has 0 saturated heterocycles. The van der Waals surface area contributed by atoms with Crippen LogP contribution < -0.4 is 14.8 Å². The first-order valence-electron chi connectivity index (χ1n) is 7.15. The van der Waals surface area contributed by atoms with E-state index >= 15 is 0 Å². The lowest BCUT2D eigenvalue weighted by Gasteiger charge is -2.12. The Morgan fingerprint density at radius 1 is 1.10 bits per heavy atom. The zero-order valence-corrected chi connectivity index (χ0v) is 12.8. The minimum absolute atomic E-state index is 0.618. The topological polar surface area (TPSA) is 43.4 Å². The fourth-order valence-electron chi connectivity index (χ4n) is 1.90. The molecular weight excluding hydrogens is 264 g/mol. The normalized spacial score (nSPS) is 10.7. The highest BCUT2D eigenvalue weighted by molar-refractivity contribution is 5.35. The third kappa shape index (κ3) is 4.76. The van der Waals surface area contributed by atoms with Crippen molar-refractivity contribution in [3.8, 4) is 17.4 Å². The van der Waals surface area contributed by atoms with Crippen molar-refractivity contribution in [3.63, 3.8) is 0 Å². The number of benzene rings is 1. The molecule has 0 unspecified atom stereocenters. The Hall–Kier alpha value is -2.07. The number of aromatic nitrogens is 1. The predicted octanol–water partition coefficient (Wildman–Crippen LogP) is 3.63. The van der Waals surface area contributed by atoms with Crippen LogP contribution in [0.3, 0.4) is 0 Å². The van der Waals surface area contributed by atoms with Crippen LogP contribution in [0.25, 0.3) is 0 Å². The summed E-state index contributed by atoms with van der Waals surface area (Å²) < 4.78 is 11.0. The van der Waals surface area contributed by atoms with Crippen LogP contribution in [0.5, 0.6) is 17.4 Å². The molecule has 1 N–H and O–H groups in total. The highest BCUT2D eigenvalue weighted by Crippen LogP contribution is 2.24. The second kappa shape index (κ2) is 7.64. The van der Waals surface area contributed by atoms with Crippen molar-refractivity contribution in [2.45, 2.75) is 20.4 Å². The van der Waals surface area contributed by atoms with Gasteiger partial charge in [-0.3, -0.25) is 0 Å². The monoisotopic (exact) mass is 286 g/mol. The van der Waals surface area contributed by atoms with Crippen molar-refractivity contribution in [3.05, 3.63) is 48.2 Å². The number of pyridine rings is 1. The van der Waals surface area contributed by atoms with Crippen molar-refractivity contribution < 1.29 is 9.47 Å². The van der Waals surface area contributed by atoms with E-state index in [2.05, 4.69) is 24.1 Å². The Kier molecular flexibility index (Phi) is 5.58. The molecule has 4 nitrogen and oxygen atoms in total. The summed E-state index contributed by atoms with van der Waals surface area (Å²) in [5.41, 5.74) is 1.05. The highest BCUT2D eigenvalue weighted by atomic mass is 16.5. The number of hydrogen-bond acceptors (Lipinski definition) is 4. The van der Waals surface area contributed by atoms with Gasteiger partial charge in [0.05, 0.1) is 7.11 Å². The smallest absolute Gasteiger partial charge is 0.223 e. The number of methoxy groups -OCH3 is 1. The Labute approximate surface area is 126 Å². The Bertz CT molecular complexity index is 553. The lowest BCUT2D eigenvalue weighted by Crippen LogP contribution is -2.19. The second-order valence-electron chi connectivity index (χ2n) is 5.27. The minimum Gasteiger partial charge on any atom is -0.497 e. The van der Waals surface area contributed by atoms with E-state index in [1.54, 1.807) is 13.3 Å². The van der Waals surface area contributed by atoms with Gasteiger partial charge in [0.2, 0.25) is 5.88 Å². The van der Waals surface area contributed by atoms with Gasteiger partial charge in [-0.1, -0.05) is 19.9 Å². The van der Waals surface area contributed by atoms with Gasteiger partial charge in [-0.25, -0.2) is 4.98 Å². The molecule has 1 heterocycles. The number of hydrogen-bond donors (Lipinski definition) is 1. The maximum Gasteiger partial charge on any atom is 0.223 e. The molecule has 0 fully saturated rings. The van der Waals surface area contributed by atoms with E-state index < -0.39 is 0 Å². The van der Waals surface area contributed by atoms with Gasteiger partial charge in [0.15, 0.2) is 0 Å². The van der Waals surface area contributed by atoms with Crippen molar-refractivity contribution in [1.82, 2.24) is 10.3 Å². The van der Waals surface area contributed by atoms with Crippen LogP contribution in [-0.2, 0) is 6.54 Å². The van der Waals surface area contributed by atoms with Crippen LogP contribution in [0.2, 0.25) is 0 Å². The van der Waals surface area contributed by atoms with Crippen LogP contribution in [0.15, 0.2) is 42.6 Å². The first-order chi connectivity index (χ1) is 10.2. The molecule has 0 aliphatic heterocycles. The average molecular weight is 286 g/mol. The van der Waals surface area contributed by atoms with Crippen molar-refractivity contribution in [1.29, 1.82) is 0 Å². The lowest BCUT2D eigenvalue weighted by molar-refractivity contribution is 0.411. The SMILES string of the molecule is COc1ccc(Oc2ncccc2CNCC(C)C)cc1.